The first kappa shape index (κ1) is 25.7. The summed E-state index contributed by atoms with van der Waals surface area (Å²) in [4.78, 5) is 19.8. The third-order valence-electron chi connectivity index (χ3n) is 7.05. The number of carbonyl (C=O) groups excluding carboxylic acids is 1. The Morgan fingerprint density at radius 1 is 1.21 bits per heavy atom. The second kappa shape index (κ2) is 11.0. The molecular weight excluding hydrogens is 482 g/mol. The number of amides is 1. The summed E-state index contributed by atoms with van der Waals surface area (Å²) in [6.45, 7) is 9.46. The normalized spacial score (nSPS) is 22.3. The van der Waals surface area contributed by atoms with Crippen LogP contribution in [-0.2, 0) is 4.79 Å². The molecule has 0 radical (unpaired) electrons. The van der Waals surface area contributed by atoms with E-state index in [0.717, 1.165) is 21.3 Å². The van der Waals surface area contributed by atoms with E-state index < -0.39 is 6.10 Å². The molecule has 0 aromatic heterocycles. The van der Waals surface area contributed by atoms with Crippen LogP contribution in [0, 0.1) is 11.3 Å². The van der Waals surface area contributed by atoms with Crippen molar-refractivity contribution >= 4 is 27.7 Å². The quantitative estimate of drug-likeness (QED) is 0.381. The molecule has 0 unspecified atom stereocenters. The zero-order valence-corrected chi connectivity index (χ0v) is 22.0. The molecule has 182 valence electrons. The summed E-state index contributed by atoms with van der Waals surface area (Å²) in [6.07, 6.45) is 0.109. The number of nitrogens with one attached hydrogen (secondary N) is 2. The molecule has 0 bridgehead atoms. The van der Waals surface area contributed by atoms with Crippen LogP contribution >= 0.6 is 15.9 Å². The van der Waals surface area contributed by atoms with Crippen molar-refractivity contribution in [3.8, 4) is 0 Å². The average molecular weight is 521 g/mol. The van der Waals surface area contributed by atoms with E-state index in [2.05, 4.69) is 54.0 Å². The Morgan fingerprint density at radius 3 is 2.33 bits per heavy atom. The van der Waals surface area contributed by atoms with Crippen LogP contribution in [0.3, 0.4) is 0 Å². The van der Waals surface area contributed by atoms with Gasteiger partial charge in [0.1, 0.15) is 5.84 Å². The van der Waals surface area contributed by atoms with Gasteiger partial charge in [0.25, 0.3) is 0 Å². The number of nitrogens with zero attached hydrogens (tertiary/aromatic N) is 3. The highest BCUT2D eigenvalue weighted by Gasteiger charge is 2.35. The Morgan fingerprint density at radius 2 is 1.79 bits per heavy atom. The summed E-state index contributed by atoms with van der Waals surface area (Å²) < 4.78 is 1.00. The van der Waals surface area contributed by atoms with Crippen molar-refractivity contribution in [1.29, 1.82) is 5.41 Å². The van der Waals surface area contributed by atoms with Gasteiger partial charge in [-0.3, -0.25) is 10.2 Å². The second-order valence-corrected chi connectivity index (χ2v) is 10.4. The molecule has 2 aliphatic rings. The number of carbonyl (C=O) groups is 1. The minimum atomic E-state index is -0.534. The highest BCUT2D eigenvalue weighted by molar-refractivity contribution is 9.10. The van der Waals surface area contributed by atoms with Crippen molar-refractivity contribution in [2.45, 2.75) is 45.3 Å². The summed E-state index contributed by atoms with van der Waals surface area (Å²) in [6, 6.07) is 8.41. The van der Waals surface area contributed by atoms with Crippen molar-refractivity contribution < 1.29 is 9.90 Å². The van der Waals surface area contributed by atoms with Gasteiger partial charge in [-0.25, -0.2) is 0 Å². The maximum atomic E-state index is 13.6. The second-order valence-electron chi connectivity index (χ2n) is 9.53. The van der Waals surface area contributed by atoms with Gasteiger partial charge in [-0.05, 0) is 50.9 Å². The molecule has 1 aromatic carbocycles. The molecule has 3 N–H and O–H groups in total. The molecule has 1 aliphatic carbocycles. The topological polar surface area (TPSA) is 82.9 Å². The van der Waals surface area contributed by atoms with Gasteiger partial charge < -0.3 is 25.1 Å². The van der Waals surface area contributed by atoms with Crippen LogP contribution in [0.2, 0.25) is 0 Å². The molecule has 1 heterocycles. The van der Waals surface area contributed by atoms with Crippen LogP contribution in [0.5, 0.6) is 0 Å². The van der Waals surface area contributed by atoms with E-state index in [1.165, 1.54) is 0 Å². The van der Waals surface area contributed by atoms with E-state index in [4.69, 9.17) is 5.41 Å². The zero-order chi connectivity index (χ0) is 24.3. The van der Waals surface area contributed by atoms with Crippen molar-refractivity contribution in [3.05, 3.63) is 45.6 Å². The number of aliphatic hydroxyl groups excluding tert-OH is 1. The summed E-state index contributed by atoms with van der Waals surface area (Å²) >= 11 is 3.49. The first-order chi connectivity index (χ1) is 15.6. The van der Waals surface area contributed by atoms with Gasteiger partial charge in [-0.2, -0.15) is 0 Å². The Bertz CT molecular complexity index is 877. The first-order valence-electron chi connectivity index (χ1n) is 11.8. The Kier molecular flexibility index (Phi) is 8.59. The lowest BCUT2D eigenvalue weighted by atomic mass is 9.96. The van der Waals surface area contributed by atoms with E-state index in [9.17, 15) is 9.90 Å². The molecule has 3 atom stereocenters. The third-order valence-corrected chi connectivity index (χ3v) is 7.58. The summed E-state index contributed by atoms with van der Waals surface area (Å²) in [7, 11) is 3.87. The maximum Gasteiger partial charge on any atom is 0.231 e. The van der Waals surface area contributed by atoms with Gasteiger partial charge in [0.15, 0.2) is 0 Å². The van der Waals surface area contributed by atoms with Gasteiger partial charge >= 0.3 is 0 Å². The molecule has 0 saturated carbocycles. The van der Waals surface area contributed by atoms with E-state index >= 15 is 0 Å². The van der Waals surface area contributed by atoms with Crippen LogP contribution in [0.1, 0.15) is 38.7 Å². The fourth-order valence-corrected chi connectivity index (χ4v) is 5.00. The number of likely N-dealkylation sites (N-methyl/N-ethyl adjacent to an activating group) is 2. The smallest absolute Gasteiger partial charge is 0.231 e. The number of hydrogen-bond donors (Lipinski definition) is 3. The summed E-state index contributed by atoms with van der Waals surface area (Å²) in [5, 5.41) is 22.2. The largest absolute Gasteiger partial charge is 0.389 e. The first-order valence-corrected chi connectivity index (χ1v) is 12.6. The van der Waals surface area contributed by atoms with Crippen LogP contribution in [0.4, 0.5) is 0 Å². The molecular formula is C25H38BrN5O2. The Balaban J connectivity index is 1.71. The SMILES string of the molecule is CNC1=C(C(=N)N2CCN(C(=O)[C@H](CN(C)C(C)C)c3ccc(Br)cc3)CC2)[C@H](C)C[C@@H]1O. The third kappa shape index (κ3) is 5.78. The number of hydrogen-bond acceptors (Lipinski definition) is 5. The molecule has 0 spiro atoms. The van der Waals surface area contributed by atoms with E-state index in [1.807, 2.05) is 34.1 Å². The Labute approximate surface area is 206 Å². The van der Waals surface area contributed by atoms with E-state index in [-0.39, 0.29) is 17.7 Å². The highest BCUT2D eigenvalue weighted by atomic mass is 79.9. The lowest BCUT2D eigenvalue weighted by Crippen LogP contribution is -2.53. The molecule has 1 aliphatic heterocycles. The molecule has 7 nitrogen and oxygen atoms in total. The molecule has 33 heavy (non-hydrogen) atoms. The Hall–Kier alpha value is -1.90. The van der Waals surface area contributed by atoms with Gasteiger partial charge in [0, 0.05) is 61.6 Å². The fraction of sp³-hybridized carbons (Fsp3) is 0.600. The van der Waals surface area contributed by atoms with Gasteiger partial charge in [-0.15, -0.1) is 0 Å². The average Bonchev–Trinajstić information content (AvgIpc) is 3.09. The van der Waals surface area contributed by atoms with Crippen LogP contribution in [0.25, 0.3) is 0 Å². The number of aliphatic hydroxyl groups is 1. The molecule has 8 heteroatoms. The van der Waals surface area contributed by atoms with Crippen molar-refractivity contribution in [2.24, 2.45) is 5.92 Å². The molecule has 1 fully saturated rings. The lowest BCUT2D eigenvalue weighted by Gasteiger charge is -2.39. The fourth-order valence-electron chi connectivity index (χ4n) is 4.74. The van der Waals surface area contributed by atoms with Crippen LogP contribution in [0.15, 0.2) is 40.0 Å². The molecule has 1 aromatic rings. The van der Waals surface area contributed by atoms with Crippen molar-refractivity contribution in [1.82, 2.24) is 20.0 Å². The van der Waals surface area contributed by atoms with Crippen LogP contribution in [-0.4, -0.2) is 90.5 Å². The minimum absolute atomic E-state index is 0.142. The minimum Gasteiger partial charge on any atom is -0.389 e. The zero-order valence-electron chi connectivity index (χ0n) is 20.4. The van der Waals surface area contributed by atoms with E-state index in [0.29, 0.717) is 51.0 Å². The number of halogens is 1. The summed E-state index contributed by atoms with van der Waals surface area (Å²) in [5.74, 6) is 0.540. The molecule has 1 amide bonds. The van der Waals surface area contributed by atoms with Gasteiger partial charge in [-0.1, -0.05) is 35.0 Å². The number of amidine groups is 1. The van der Waals surface area contributed by atoms with Crippen molar-refractivity contribution in [3.63, 3.8) is 0 Å². The molecule has 3 rings (SSSR count). The maximum absolute atomic E-state index is 13.6. The highest BCUT2D eigenvalue weighted by Crippen LogP contribution is 2.32. The predicted octanol–water partition coefficient (Wildman–Crippen LogP) is 2.87. The summed E-state index contributed by atoms with van der Waals surface area (Å²) in [5.41, 5.74) is 2.69. The standard InChI is InChI=1S/C25H38BrN5O2/c1-16(2)29(5)15-20(18-6-8-19(26)9-7-18)25(33)31-12-10-30(11-13-31)24(27)22-17(3)14-21(32)23(22)28-4/h6-9,16-17,20-21,27-28,32H,10-15H2,1-5H3/t17-,20-,21+/m1/s1. The van der Waals surface area contributed by atoms with Gasteiger partial charge in [0.2, 0.25) is 5.91 Å². The number of benzene rings is 1. The monoisotopic (exact) mass is 519 g/mol. The number of piperazine rings is 1. The lowest BCUT2D eigenvalue weighted by molar-refractivity contribution is -0.134. The number of rotatable bonds is 7. The predicted molar refractivity (Wildman–Crippen MR) is 136 cm³/mol. The van der Waals surface area contributed by atoms with E-state index in [1.54, 1.807) is 7.05 Å². The van der Waals surface area contributed by atoms with Crippen LogP contribution < -0.4 is 5.32 Å². The van der Waals surface area contributed by atoms with Gasteiger partial charge in [0.05, 0.1) is 12.0 Å². The van der Waals surface area contributed by atoms with Crippen molar-refractivity contribution in [2.75, 3.05) is 46.8 Å². The molecule has 1 saturated heterocycles.